The minimum Gasteiger partial charge on any atom is -0.478 e. The summed E-state index contributed by atoms with van der Waals surface area (Å²) in [6.45, 7) is 11.5. The summed E-state index contributed by atoms with van der Waals surface area (Å²) in [6.07, 6.45) is 13.2. The fraction of sp³-hybridized carbons (Fsp3) is 0.552. The number of likely N-dealkylation sites (tertiary alicyclic amines) is 1. The summed E-state index contributed by atoms with van der Waals surface area (Å²) in [5.74, 6) is -0.877. The lowest BCUT2D eigenvalue weighted by atomic mass is 9.85. The van der Waals surface area contributed by atoms with Gasteiger partial charge < -0.3 is 9.67 Å². The lowest BCUT2D eigenvalue weighted by Crippen LogP contribution is -2.44. The number of halogens is 1. The Labute approximate surface area is 219 Å². The van der Waals surface area contributed by atoms with Crippen LogP contribution in [0.4, 0.5) is 0 Å². The van der Waals surface area contributed by atoms with Gasteiger partial charge >= 0.3 is 5.97 Å². The van der Waals surface area contributed by atoms with E-state index < -0.39 is 5.97 Å². The van der Waals surface area contributed by atoms with Gasteiger partial charge in [-0.25, -0.2) is 4.79 Å². The summed E-state index contributed by atoms with van der Waals surface area (Å²) >= 11 is 6.68. The Balaban J connectivity index is 1.38. The van der Waals surface area contributed by atoms with Crippen LogP contribution in [0.15, 0.2) is 42.1 Å². The zero-order chi connectivity index (χ0) is 25.9. The van der Waals surface area contributed by atoms with E-state index in [1.54, 1.807) is 12.2 Å². The maximum Gasteiger partial charge on any atom is 0.335 e. The van der Waals surface area contributed by atoms with E-state index in [0.717, 1.165) is 62.3 Å². The molecule has 2 N–H and O–H groups in total. The molecule has 7 heteroatoms. The van der Waals surface area contributed by atoms with Crippen molar-refractivity contribution in [3.63, 3.8) is 0 Å². The number of allylic oxidation sites excluding steroid dienone is 1. The molecule has 0 amide bonds. The summed E-state index contributed by atoms with van der Waals surface area (Å²) in [6, 6.07) is 4.76. The monoisotopic (exact) mass is 513 g/mol. The number of benzene rings is 1. The number of fused-ring (bicyclic) bond motifs is 1. The van der Waals surface area contributed by atoms with Gasteiger partial charge in [0.05, 0.1) is 21.7 Å². The van der Waals surface area contributed by atoms with E-state index in [4.69, 9.17) is 16.4 Å². The summed E-state index contributed by atoms with van der Waals surface area (Å²) < 4.78 is 2.36. The Bertz CT molecular complexity index is 1140. The van der Waals surface area contributed by atoms with Crippen molar-refractivity contribution in [3.05, 3.63) is 58.3 Å². The van der Waals surface area contributed by atoms with Gasteiger partial charge in [0, 0.05) is 43.3 Å². The Hall–Kier alpha value is -2.12. The number of aromatic nitrogens is 1. The van der Waals surface area contributed by atoms with Gasteiger partial charge in [-0.2, -0.15) is 5.48 Å². The number of rotatable bonds is 9. The van der Waals surface area contributed by atoms with Crippen molar-refractivity contribution in [3.8, 4) is 0 Å². The van der Waals surface area contributed by atoms with Gasteiger partial charge in [0.15, 0.2) is 0 Å². The van der Waals surface area contributed by atoms with Crippen molar-refractivity contribution < 1.29 is 14.7 Å². The fourth-order valence-corrected chi connectivity index (χ4v) is 5.88. The average molecular weight is 514 g/mol. The summed E-state index contributed by atoms with van der Waals surface area (Å²) in [5, 5.41) is 11.4. The van der Waals surface area contributed by atoms with Crippen molar-refractivity contribution in [2.24, 2.45) is 0 Å². The largest absolute Gasteiger partial charge is 0.478 e. The van der Waals surface area contributed by atoms with Crippen LogP contribution < -0.4 is 5.48 Å². The van der Waals surface area contributed by atoms with Crippen LogP contribution in [-0.4, -0.2) is 45.3 Å². The zero-order valence-corrected chi connectivity index (χ0v) is 22.8. The number of nitrogens with zero attached hydrogens (tertiary/aromatic N) is 2. The third kappa shape index (κ3) is 5.72. The van der Waals surface area contributed by atoms with E-state index in [0.29, 0.717) is 18.0 Å². The van der Waals surface area contributed by atoms with Crippen LogP contribution in [0.1, 0.15) is 76.5 Å². The number of hydrogen-bond acceptors (Lipinski definition) is 4. The molecule has 1 aromatic heterocycles. The topological polar surface area (TPSA) is 66.7 Å². The molecule has 2 aliphatic rings. The molecule has 2 aliphatic heterocycles. The number of aryl methyl sites for hydroxylation is 1. The van der Waals surface area contributed by atoms with Gasteiger partial charge in [0.2, 0.25) is 0 Å². The van der Waals surface area contributed by atoms with Crippen LogP contribution in [0.5, 0.6) is 0 Å². The van der Waals surface area contributed by atoms with E-state index in [-0.39, 0.29) is 11.6 Å². The lowest BCUT2D eigenvalue weighted by molar-refractivity contribution is -0.132. The number of hydrogen-bond donors (Lipinski definition) is 2. The molecule has 2 unspecified atom stereocenters. The van der Waals surface area contributed by atoms with Gasteiger partial charge in [-0.05, 0) is 69.6 Å². The highest BCUT2D eigenvalue weighted by Gasteiger charge is 2.42. The molecular formula is C29H40ClN3O3. The molecule has 2 saturated heterocycles. The first-order chi connectivity index (χ1) is 17.3. The second-order valence-electron chi connectivity index (χ2n) is 10.5. The molecule has 6 nitrogen and oxygen atoms in total. The maximum absolute atomic E-state index is 11.3. The van der Waals surface area contributed by atoms with Crippen molar-refractivity contribution in [2.75, 3.05) is 13.1 Å². The Morgan fingerprint density at radius 3 is 2.75 bits per heavy atom. The first kappa shape index (κ1) is 26.9. The molecule has 4 rings (SSSR count). The normalized spacial score (nSPS) is 21.7. The highest BCUT2D eigenvalue weighted by molar-refractivity contribution is 6.35. The minimum atomic E-state index is -0.877. The number of piperidine rings is 1. The average Bonchev–Trinajstić information content (AvgIpc) is 3.44. The van der Waals surface area contributed by atoms with Gasteiger partial charge in [0.25, 0.3) is 0 Å². The Morgan fingerprint density at radius 1 is 1.33 bits per heavy atom. The summed E-state index contributed by atoms with van der Waals surface area (Å²) in [5.41, 5.74) is 7.23. The molecule has 0 aliphatic carbocycles. The van der Waals surface area contributed by atoms with Crippen molar-refractivity contribution in [2.45, 2.75) is 90.4 Å². The van der Waals surface area contributed by atoms with Gasteiger partial charge in [-0.15, -0.1) is 0 Å². The molecule has 0 saturated carbocycles. The molecule has 1 spiro atoms. The van der Waals surface area contributed by atoms with Crippen LogP contribution in [-0.2, 0) is 16.2 Å². The van der Waals surface area contributed by atoms with Crippen LogP contribution in [0.25, 0.3) is 10.9 Å². The van der Waals surface area contributed by atoms with E-state index in [9.17, 15) is 9.90 Å². The molecule has 0 bridgehead atoms. The molecule has 0 radical (unpaired) electrons. The second-order valence-corrected chi connectivity index (χ2v) is 10.9. The SMILES string of the molecule is CC/C=C(\C=C/CC1CC2(CCN(Cc3cn(C(C)CC)c4c(Cl)ccc(C)c34)CC2)ON1)C(=O)O. The molecular weight excluding hydrogens is 474 g/mol. The highest BCUT2D eigenvalue weighted by Crippen LogP contribution is 2.38. The predicted molar refractivity (Wildman–Crippen MR) is 146 cm³/mol. The zero-order valence-electron chi connectivity index (χ0n) is 22.0. The van der Waals surface area contributed by atoms with E-state index in [1.807, 2.05) is 19.1 Å². The number of nitrogens with one attached hydrogen (secondary N) is 1. The molecule has 3 heterocycles. The minimum absolute atomic E-state index is 0.131. The molecule has 36 heavy (non-hydrogen) atoms. The van der Waals surface area contributed by atoms with Gasteiger partial charge in [-0.3, -0.25) is 9.74 Å². The number of hydroxylamine groups is 1. The van der Waals surface area contributed by atoms with E-state index in [1.165, 1.54) is 16.5 Å². The smallest absolute Gasteiger partial charge is 0.335 e. The Kier molecular flexibility index (Phi) is 8.61. The van der Waals surface area contributed by atoms with E-state index in [2.05, 4.69) is 48.0 Å². The van der Waals surface area contributed by atoms with Crippen LogP contribution in [0.3, 0.4) is 0 Å². The summed E-state index contributed by atoms with van der Waals surface area (Å²) in [4.78, 5) is 20.0. The summed E-state index contributed by atoms with van der Waals surface area (Å²) in [7, 11) is 0. The third-order valence-corrected chi connectivity index (χ3v) is 8.19. The fourth-order valence-electron chi connectivity index (χ4n) is 5.63. The van der Waals surface area contributed by atoms with Crippen LogP contribution in [0.2, 0.25) is 5.02 Å². The number of aliphatic carboxylic acids is 1. The molecule has 196 valence electrons. The number of carboxylic acid groups (broad SMARTS) is 1. The van der Waals surface area contributed by atoms with E-state index >= 15 is 0 Å². The van der Waals surface area contributed by atoms with Crippen molar-refractivity contribution in [1.82, 2.24) is 14.9 Å². The maximum atomic E-state index is 11.3. The van der Waals surface area contributed by atoms with Crippen molar-refractivity contribution >= 4 is 28.5 Å². The quantitative estimate of drug-likeness (QED) is 0.293. The first-order valence-electron chi connectivity index (χ1n) is 13.3. The van der Waals surface area contributed by atoms with Crippen LogP contribution >= 0.6 is 11.6 Å². The number of carbonyl (C=O) groups is 1. The Morgan fingerprint density at radius 2 is 2.08 bits per heavy atom. The standard InChI is InChI=1S/C29H40ClN3O3/c1-5-8-22(28(34)35)9-7-10-24-17-29(36-31-24)13-15-32(16-14-29)18-23-19-33(21(4)6-2)27-25(30)12-11-20(3)26(23)27/h7-9,11-12,19,21,24,31H,5-6,10,13-18H2,1-4H3,(H,34,35)/b9-7-,22-8+. The predicted octanol–water partition coefficient (Wildman–Crippen LogP) is 6.57. The van der Waals surface area contributed by atoms with Gasteiger partial charge in [0.1, 0.15) is 0 Å². The second kappa shape index (κ2) is 11.5. The van der Waals surface area contributed by atoms with Crippen LogP contribution in [0, 0.1) is 6.92 Å². The molecule has 2 fully saturated rings. The first-order valence-corrected chi connectivity index (χ1v) is 13.7. The molecule has 2 atom stereocenters. The van der Waals surface area contributed by atoms with Gasteiger partial charge in [-0.1, -0.05) is 49.7 Å². The highest BCUT2D eigenvalue weighted by atomic mass is 35.5. The third-order valence-electron chi connectivity index (χ3n) is 7.89. The lowest BCUT2D eigenvalue weighted by Gasteiger charge is -2.37. The molecule has 2 aromatic rings. The molecule has 1 aromatic carbocycles. The van der Waals surface area contributed by atoms with Crippen molar-refractivity contribution in [1.29, 1.82) is 0 Å². The number of carboxylic acids is 1.